The number of nitrogens with one attached hydrogen (secondary N) is 2. The Balaban J connectivity index is 1.50. The van der Waals surface area contributed by atoms with Crippen LogP contribution in [0.3, 0.4) is 0 Å². The highest BCUT2D eigenvalue weighted by Crippen LogP contribution is 2.37. The van der Waals surface area contributed by atoms with Crippen LogP contribution in [-0.2, 0) is 4.79 Å². The Bertz CT molecular complexity index is 1550. The molecule has 10 nitrogen and oxygen atoms in total. The van der Waals surface area contributed by atoms with Crippen LogP contribution in [-0.4, -0.2) is 61.6 Å². The second kappa shape index (κ2) is 11.2. The fourth-order valence-corrected chi connectivity index (χ4v) is 6.12. The van der Waals surface area contributed by atoms with Gasteiger partial charge in [0.1, 0.15) is 11.5 Å². The summed E-state index contributed by atoms with van der Waals surface area (Å²) in [6, 6.07) is 13.5. The summed E-state index contributed by atoms with van der Waals surface area (Å²) in [6.07, 6.45) is 1.90. The summed E-state index contributed by atoms with van der Waals surface area (Å²) in [5, 5.41) is 21.9. The van der Waals surface area contributed by atoms with Crippen molar-refractivity contribution >= 4 is 56.8 Å². The van der Waals surface area contributed by atoms with Crippen molar-refractivity contribution in [2.24, 2.45) is 0 Å². The zero-order valence-electron chi connectivity index (χ0n) is 20.2. The molecule has 0 unspecified atom stereocenters. The quantitative estimate of drug-likeness (QED) is 0.179. The summed E-state index contributed by atoms with van der Waals surface area (Å²) < 4.78 is 13.8. The first-order chi connectivity index (χ1) is 18.1. The molecule has 0 saturated heterocycles. The standard InChI is InChI=1S/C24H23N7O3S3/c1-4-35-24-30-28-22(37-24)26-20(32)13-36-23-29-27-21(16-12-25-17-8-6-5-7-15(16)17)31(23)18-11-14(33-2)9-10-19(18)34-3/h5-12,25H,4,13H2,1-3H3,(H,26,28,32). The molecular weight excluding hydrogens is 531 g/mol. The van der Waals surface area contributed by atoms with E-state index < -0.39 is 0 Å². The van der Waals surface area contributed by atoms with Crippen LogP contribution in [0, 0.1) is 0 Å². The lowest BCUT2D eigenvalue weighted by atomic mass is 10.1. The number of aromatic amines is 1. The molecule has 0 aliphatic carbocycles. The molecule has 0 aliphatic heterocycles. The molecule has 1 amide bonds. The molecule has 13 heteroatoms. The molecule has 2 aromatic carbocycles. The van der Waals surface area contributed by atoms with E-state index in [2.05, 4.69) is 30.7 Å². The summed E-state index contributed by atoms with van der Waals surface area (Å²) in [6.45, 7) is 2.04. The van der Waals surface area contributed by atoms with E-state index in [1.54, 1.807) is 26.0 Å². The number of amides is 1. The molecule has 0 radical (unpaired) electrons. The van der Waals surface area contributed by atoms with Crippen LogP contribution < -0.4 is 14.8 Å². The van der Waals surface area contributed by atoms with Crippen LogP contribution in [0.15, 0.2) is 58.2 Å². The Morgan fingerprint density at radius 1 is 1.08 bits per heavy atom. The zero-order chi connectivity index (χ0) is 25.8. The van der Waals surface area contributed by atoms with Crippen LogP contribution in [0.1, 0.15) is 6.92 Å². The fraction of sp³-hybridized carbons (Fsp3) is 0.208. The highest BCUT2D eigenvalue weighted by molar-refractivity contribution is 8.01. The second-order valence-corrected chi connectivity index (χ2v) is 11.0. The van der Waals surface area contributed by atoms with Crippen molar-refractivity contribution in [1.82, 2.24) is 29.9 Å². The van der Waals surface area contributed by atoms with Gasteiger partial charge in [-0.2, -0.15) is 0 Å². The lowest BCUT2D eigenvalue weighted by Gasteiger charge is -2.15. The molecule has 0 aliphatic rings. The molecule has 5 rings (SSSR count). The SMILES string of the molecule is CCSc1nnc(NC(=O)CSc2nnc(-c3c[nH]c4ccccc34)n2-c2cc(OC)ccc2OC)s1. The van der Waals surface area contributed by atoms with E-state index in [0.29, 0.717) is 33.3 Å². The van der Waals surface area contributed by atoms with Crippen molar-refractivity contribution in [1.29, 1.82) is 0 Å². The number of methoxy groups -OCH3 is 2. The van der Waals surface area contributed by atoms with Gasteiger partial charge in [-0.25, -0.2) is 0 Å². The Morgan fingerprint density at radius 3 is 2.76 bits per heavy atom. The van der Waals surface area contributed by atoms with E-state index in [9.17, 15) is 4.79 Å². The number of para-hydroxylation sites is 1. The highest BCUT2D eigenvalue weighted by atomic mass is 32.2. The number of H-pyrrole nitrogens is 1. The van der Waals surface area contributed by atoms with Crippen molar-refractivity contribution in [2.75, 3.05) is 31.0 Å². The summed E-state index contributed by atoms with van der Waals surface area (Å²) >= 11 is 4.20. The van der Waals surface area contributed by atoms with Gasteiger partial charge in [0.15, 0.2) is 15.3 Å². The Morgan fingerprint density at radius 2 is 1.95 bits per heavy atom. The molecule has 0 saturated carbocycles. The first-order valence-corrected chi connectivity index (χ1v) is 14.0. The van der Waals surface area contributed by atoms with E-state index >= 15 is 0 Å². The molecule has 3 aromatic heterocycles. The van der Waals surface area contributed by atoms with Gasteiger partial charge < -0.3 is 14.5 Å². The van der Waals surface area contributed by atoms with Gasteiger partial charge in [0.05, 0.1) is 25.7 Å². The second-order valence-electron chi connectivity index (χ2n) is 7.57. The van der Waals surface area contributed by atoms with E-state index in [1.807, 2.05) is 60.2 Å². The number of carbonyl (C=O) groups excluding carboxylic acids is 1. The van der Waals surface area contributed by atoms with Gasteiger partial charge in [-0.05, 0) is 24.0 Å². The summed E-state index contributed by atoms with van der Waals surface area (Å²) in [4.78, 5) is 16.0. The third-order valence-electron chi connectivity index (χ3n) is 5.34. The van der Waals surface area contributed by atoms with Crippen LogP contribution in [0.4, 0.5) is 5.13 Å². The molecule has 3 heterocycles. The topological polar surface area (TPSA) is 120 Å². The van der Waals surface area contributed by atoms with Gasteiger partial charge in [0.25, 0.3) is 0 Å². The van der Waals surface area contributed by atoms with E-state index in [0.717, 1.165) is 26.6 Å². The first kappa shape index (κ1) is 25.1. The minimum Gasteiger partial charge on any atom is -0.497 e. The number of thioether (sulfide) groups is 2. The largest absolute Gasteiger partial charge is 0.497 e. The monoisotopic (exact) mass is 553 g/mol. The van der Waals surface area contributed by atoms with Gasteiger partial charge in [0, 0.05) is 28.7 Å². The predicted molar refractivity (Wildman–Crippen MR) is 147 cm³/mol. The zero-order valence-corrected chi connectivity index (χ0v) is 22.7. The smallest absolute Gasteiger partial charge is 0.236 e. The molecule has 0 atom stereocenters. The number of nitrogens with zero attached hydrogens (tertiary/aromatic N) is 5. The predicted octanol–water partition coefficient (Wildman–Crippen LogP) is 5.13. The van der Waals surface area contributed by atoms with Crippen molar-refractivity contribution in [3.8, 4) is 28.6 Å². The normalized spacial score (nSPS) is 11.1. The Kier molecular flexibility index (Phi) is 7.63. The first-order valence-electron chi connectivity index (χ1n) is 11.2. The number of benzene rings is 2. The third-order valence-corrected chi connectivity index (χ3v) is 8.13. The molecule has 5 aromatic rings. The van der Waals surface area contributed by atoms with Gasteiger partial charge in [0.2, 0.25) is 11.0 Å². The van der Waals surface area contributed by atoms with Crippen LogP contribution in [0.2, 0.25) is 0 Å². The minimum atomic E-state index is -0.213. The van der Waals surface area contributed by atoms with E-state index in [-0.39, 0.29) is 11.7 Å². The Labute approximate surface area is 225 Å². The molecule has 0 bridgehead atoms. The number of hydrogen-bond acceptors (Lipinski definition) is 10. The maximum atomic E-state index is 12.7. The molecular formula is C24H23N7O3S3. The summed E-state index contributed by atoms with van der Waals surface area (Å²) in [5.74, 6) is 2.66. The molecule has 0 fully saturated rings. The maximum absolute atomic E-state index is 12.7. The average Bonchev–Trinajstić information content (AvgIpc) is 3.65. The van der Waals surface area contributed by atoms with Crippen LogP contribution in [0.25, 0.3) is 28.0 Å². The molecule has 37 heavy (non-hydrogen) atoms. The lowest BCUT2D eigenvalue weighted by molar-refractivity contribution is -0.113. The lowest BCUT2D eigenvalue weighted by Crippen LogP contribution is -2.14. The van der Waals surface area contributed by atoms with Crippen molar-refractivity contribution in [3.63, 3.8) is 0 Å². The summed E-state index contributed by atoms with van der Waals surface area (Å²) in [7, 11) is 3.21. The van der Waals surface area contributed by atoms with Gasteiger partial charge in [-0.1, -0.05) is 60.0 Å². The average molecular weight is 554 g/mol. The number of fused-ring (bicyclic) bond motifs is 1. The number of rotatable bonds is 10. The number of anilines is 1. The summed E-state index contributed by atoms with van der Waals surface area (Å²) in [5.41, 5.74) is 2.55. The number of aromatic nitrogens is 6. The van der Waals surface area contributed by atoms with Gasteiger partial charge >= 0.3 is 0 Å². The number of hydrogen-bond donors (Lipinski definition) is 2. The Hall–Kier alpha value is -3.55. The van der Waals surface area contributed by atoms with Gasteiger partial charge in [-0.3, -0.25) is 14.7 Å². The molecule has 2 N–H and O–H groups in total. The number of ether oxygens (including phenoxy) is 2. The van der Waals surface area contributed by atoms with Crippen molar-refractivity contribution in [3.05, 3.63) is 48.7 Å². The van der Waals surface area contributed by atoms with Crippen molar-refractivity contribution < 1.29 is 14.3 Å². The number of carbonyl (C=O) groups is 1. The molecule has 0 spiro atoms. The van der Waals surface area contributed by atoms with E-state index in [1.165, 1.54) is 23.1 Å². The van der Waals surface area contributed by atoms with Crippen LogP contribution in [0.5, 0.6) is 11.5 Å². The third kappa shape index (κ3) is 5.29. The minimum absolute atomic E-state index is 0.105. The maximum Gasteiger partial charge on any atom is 0.236 e. The van der Waals surface area contributed by atoms with Crippen LogP contribution >= 0.6 is 34.9 Å². The van der Waals surface area contributed by atoms with Gasteiger partial charge in [-0.15, -0.1) is 20.4 Å². The van der Waals surface area contributed by atoms with E-state index in [4.69, 9.17) is 9.47 Å². The highest BCUT2D eigenvalue weighted by Gasteiger charge is 2.22. The van der Waals surface area contributed by atoms with Crippen molar-refractivity contribution in [2.45, 2.75) is 16.4 Å². The fourth-order valence-electron chi connectivity index (χ4n) is 3.71. The molecule has 190 valence electrons.